The Kier molecular flexibility index (Phi) is 7.24. The van der Waals surface area contributed by atoms with Crippen molar-refractivity contribution in [1.82, 2.24) is 5.43 Å². The molecule has 31 heavy (non-hydrogen) atoms. The molecule has 3 N–H and O–H groups in total. The van der Waals surface area contributed by atoms with Gasteiger partial charge in [0.1, 0.15) is 11.5 Å². The zero-order valence-electron chi connectivity index (χ0n) is 16.6. The molecule has 0 fully saturated rings. The van der Waals surface area contributed by atoms with Crippen LogP contribution in [0.1, 0.15) is 21.5 Å². The van der Waals surface area contributed by atoms with Gasteiger partial charge in [0.05, 0.1) is 6.21 Å². The minimum absolute atomic E-state index is 0.151. The molecule has 3 aromatic rings. The minimum atomic E-state index is -0.437. The molecule has 3 aromatic carbocycles. The molecule has 0 unspecified atom stereocenters. The van der Waals surface area contributed by atoms with Crippen LogP contribution in [0.4, 0.5) is 5.69 Å². The lowest BCUT2D eigenvalue weighted by Gasteiger charge is -2.10. The van der Waals surface area contributed by atoms with Crippen molar-refractivity contribution in [1.29, 1.82) is 0 Å². The molecule has 0 saturated carbocycles. The van der Waals surface area contributed by atoms with Gasteiger partial charge in [-0.2, -0.15) is 5.10 Å². The highest BCUT2D eigenvalue weighted by Crippen LogP contribution is 2.23. The molecule has 7 nitrogen and oxygen atoms in total. The van der Waals surface area contributed by atoms with Crippen molar-refractivity contribution in [3.63, 3.8) is 0 Å². The number of nitrogens with one attached hydrogen (secondary N) is 2. The molecule has 3 rings (SSSR count). The maximum absolute atomic E-state index is 12.4. The third kappa shape index (κ3) is 6.32. The zero-order chi connectivity index (χ0) is 22.2. The van der Waals surface area contributed by atoms with Crippen molar-refractivity contribution in [3.05, 3.63) is 88.4 Å². The minimum Gasteiger partial charge on any atom is -0.508 e. The molecule has 0 bridgehead atoms. The topological polar surface area (TPSA) is 100 Å². The van der Waals surface area contributed by atoms with E-state index < -0.39 is 5.91 Å². The largest absolute Gasteiger partial charge is 0.508 e. The van der Waals surface area contributed by atoms with Crippen molar-refractivity contribution in [2.24, 2.45) is 5.10 Å². The number of aromatic hydroxyl groups is 1. The standard InChI is InChI=1S/C23H20ClN3O4/c1-15-20(24)3-2-4-21(15)26-23(30)17-7-11-19(12-8-17)31-14-22(29)27-25-13-16-5-9-18(28)10-6-16/h2-13,28H,14H2,1H3,(H,26,30)(H,27,29)/b25-13-. The Morgan fingerprint density at radius 1 is 1.06 bits per heavy atom. The average Bonchev–Trinajstić information content (AvgIpc) is 2.77. The Morgan fingerprint density at radius 2 is 1.77 bits per heavy atom. The predicted octanol–water partition coefficient (Wildman–Crippen LogP) is 4.14. The number of hydrazone groups is 1. The van der Waals surface area contributed by atoms with Gasteiger partial charge in [-0.15, -0.1) is 0 Å². The van der Waals surface area contributed by atoms with Gasteiger partial charge in [-0.3, -0.25) is 9.59 Å². The summed E-state index contributed by atoms with van der Waals surface area (Å²) < 4.78 is 5.41. The van der Waals surface area contributed by atoms with Crippen LogP contribution in [0, 0.1) is 6.92 Å². The number of phenolic OH excluding ortho intramolecular Hbond substituents is 1. The molecule has 0 spiro atoms. The van der Waals surface area contributed by atoms with Crippen LogP contribution in [0.25, 0.3) is 0 Å². The smallest absolute Gasteiger partial charge is 0.277 e. The van der Waals surface area contributed by atoms with Crippen LogP contribution in [0.15, 0.2) is 71.8 Å². The summed E-state index contributed by atoms with van der Waals surface area (Å²) in [7, 11) is 0. The quantitative estimate of drug-likeness (QED) is 0.382. The first kappa shape index (κ1) is 21.9. The molecule has 0 aliphatic carbocycles. The number of phenols is 1. The molecule has 0 heterocycles. The van der Waals surface area contributed by atoms with Gasteiger partial charge in [-0.25, -0.2) is 5.43 Å². The second kappa shape index (κ2) is 10.3. The first-order valence-corrected chi connectivity index (χ1v) is 9.70. The number of ether oxygens (including phenoxy) is 1. The number of amides is 2. The second-order valence-corrected chi connectivity index (χ2v) is 6.97. The number of carbonyl (C=O) groups is 2. The van der Waals surface area contributed by atoms with Crippen molar-refractivity contribution in [2.75, 3.05) is 11.9 Å². The number of nitrogens with zero attached hydrogens (tertiary/aromatic N) is 1. The van der Waals surface area contributed by atoms with Gasteiger partial charge in [0, 0.05) is 16.3 Å². The molecule has 0 radical (unpaired) electrons. The van der Waals surface area contributed by atoms with E-state index in [0.29, 0.717) is 22.0 Å². The summed E-state index contributed by atoms with van der Waals surface area (Å²) in [5, 5.41) is 16.4. The van der Waals surface area contributed by atoms with Crippen molar-refractivity contribution in [3.8, 4) is 11.5 Å². The third-order valence-electron chi connectivity index (χ3n) is 4.30. The third-order valence-corrected chi connectivity index (χ3v) is 4.71. The van der Waals surface area contributed by atoms with E-state index in [9.17, 15) is 14.7 Å². The van der Waals surface area contributed by atoms with Crippen LogP contribution in [0.5, 0.6) is 11.5 Å². The molecule has 0 aliphatic rings. The fourth-order valence-electron chi connectivity index (χ4n) is 2.56. The molecular formula is C23H20ClN3O4. The summed E-state index contributed by atoms with van der Waals surface area (Å²) in [6.07, 6.45) is 1.45. The molecule has 0 saturated heterocycles. The van der Waals surface area contributed by atoms with E-state index in [1.54, 1.807) is 54.6 Å². The number of halogens is 1. The van der Waals surface area contributed by atoms with Crippen LogP contribution in [-0.2, 0) is 4.79 Å². The Morgan fingerprint density at radius 3 is 2.48 bits per heavy atom. The van der Waals surface area contributed by atoms with E-state index in [-0.39, 0.29) is 18.3 Å². The van der Waals surface area contributed by atoms with Crippen LogP contribution < -0.4 is 15.5 Å². The Balaban J connectivity index is 1.48. The van der Waals surface area contributed by atoms with Gasteiger partial charge >= 0.3 is 0 Å². The highest BCUT2D eigenvalue weighted by molar-refractivity contribution is 6.31. The lowest BCUT2D eigenvalue weighted by atomic mass is 10.1. The Hall–Kier alpha value is -3.84. The normalized spacial score (nSPS) is 10.6. The zero-order valence-corrected chi connectivity index (χ0v) is 17.4. The number of rotatable bonds is 7. The fraction of sp³-hybridized carbons (Fsp3) is 0.0870. The molecule has 158 valence electrons. The molecule has 0 aliphatic heterocycles. The maximum Gasteiger partial charge on any atom is 0.277 e. The Bertz CT molecular complexity index is 1100. The van der Waals surface area contributed by atoms with Gasteiger partial charge in [0.15, 0.2) is 6.61 Å². The highest BCUT2D eigenvalue weighted by Gasteiger charge is 2.10. The fourth-order valence-corrected chi connectivity index (χ4v) is 2.73. The summed E-state index contributed by atoms with van der Waals surface area (Å²) in [5.41, 5.74) is 4.94. The number of carbonyl (C=O) groups excluding carboxylic acids is 2. The summed E-state index contributed by atoms with van der Waals surface area (Å²) >= 11 is 6.07. The molecular weight excluding hydrogens is 418 g/mol. The summed E-state index contributed by atoms with van der Waals surface area (Å²) in [5.74, 6) is -0.127. The summed E-state index contributed by atoms with van der Waals surface area (Å²) in [6, 6.07) is 18.1. The highest BCUT2D eigenvalue weighted by atomic mass is 35.5. The Labute approximate surface area is 184 Å². The second-order valence-electron chi connectivity index (χ2n) is 6.56. The van der Waals surface area contributed by atoms with Gasteiger partial charge in [-0.05, 0) is 78.7 Å². The van der Waals surface area contributed by atoms with Gasteiger partial charge < -0.3 is 15.2 Å². The van der Waals surface area contributed by atoms with E-state index in [4.69, 9.17) is 16.3 Å². The average molecular weight is 438 g/mol. The van der Waals surface area contributed by atoms with Gasteiger partial charge in [-0.1, -0.05) is 17.7 Å². The maximum atomic E-state index is 12.4. The molecule has 0 atom stereocenters. The number of hydrogen-bond donors (Lipinski definition) is 3. The van der Waals surface area contributed by atoms with E-state index in [1.165, 1.54) is 18.3 Å². The van der Waals surface area contributed by atoms with E-state index in [2.05, 4.69) is 15.8 Å². The van der Waals surface area contributed by atoms with Gasteiger partial charge in [0.25, 0.3) is 11.8 Å². The van der Waals surface area contributed by atoms with Crippen LogP contribution in [0.3, 0.4) is 0 Å². The van der Waals surface area contributed by atoms with E-state index in [1.807, 2.05) is 6.92 Å². The molecule has 2 amide bonds. The summed E-state index contributed by atoms with van der Waals surface area (Å²) in [4.78, 5) is 24.3. The lowest BCUT2D eigenvalue weighted by Crippen LogP contribution is -2.24. The van der Waals surface area contributed by atoms with E-state index >= 15 is 0 Å². The molecule has 8 heteroatoms. The van der Waals surface area contributed by atoms with Crippen molar-refractivity contribution in [2.45, 2.75) is 6.92 Å². The van der Waals surface area contributed by atoms with Gasteiger partial charge in [0.2, 0.25) is 0 Å². The molecule has 0 aromatic heterocycles. The van der Waals surface area contributed by atoms with Crippen LogP contribution in [-0.4, -0.2) is 29.7 Å². The first-order chi connectivity index (χ1) is 14.9. The van der Waals surface area contributed by atoms with E-state index in [0.717, 1.165) is 11.1 Å². The first-order valence-electron chi connectivity index (χ1n) is 9.32. The lowest BCUT2D eigenvalue weighted by molar-refractivity contribution is -0.123. The monoisotopic (exact) mass is 437 g/mol. The van der Waals surface area contributed by atoms with Crippen LogP contribution >= 0.6 is 11.6 Å². The van der Waals surface area contributed by atoms with Crippen LogP contribution in [0.2, 0.25) is 5.02 Å². The number of anilines is 1. The number of benzene rings is 3. The van der Waals surface area contributed by atoms with Crippen molar-refractivity contribution >= 4 is 35.3 Å². The summed E-state index contributed by atoms with van der Waals surface area (Å²) in [6.45, 7) is 1.59. The van der Waals surface area contributed by atoms with Crippen molar-refractivity contribution < 1.29 is 19.4 Å². The number of hydrogen-bond acceptors (Lipinski definition) is 5. The SMILES string of the molecule is Cc1c(Cl)cccc1NC(=O)c1ccc(OCC(=O)N/N=C\c2ccc(O)cc2)cc1. The predicted molar refractivity (Wildman–Crippen MR) is 120 cm³/mol.